The summed E-state index contributed by atoms with van der Waals surface area (Å²) in [5, 5.41) is 2.63. The molecule has 1 N–H and O–H groups in total. The molecule has 4 nitrogen and oxygen atoms in total. The predicted octanol–water partition coefficient (Wildman–Crippen LogP) is 2.84. The second-order valence-electron chi connectivity index (χ2n) is 4.86. The zero-order valence-electron chi connectivity index (χ0n) is 12.4. The Bertz CT molecular complexity index is 658. The Balaban J connectivity index is 2.22. The van der Waals surface area contributed by atoms with Crippen LogP contribution in [0.3, 0.4) is 0 Å². The van der Waals surface area contributed by atoms with Crippen molar-refractivity contribution in [1.29, 1.82) is 0 Å². The van der Waals surface area contributed by atoms with Crippen LogP contribution in [0.2, 0.25) is 0 Å². The first-order chi connectivity index (χ1) is 10.0. The molecule has 2 rings (SSSR count). The maximum absolute atomic E-state index is 14.1. The van der Waals surface area contributed by atoms with Gasteiger partial charge in [-0.2, -0.15) is 0 Å². The summed E-state index contributed by atoms with van der Waals surface area (Å²) < 4.78 is 14.1. The molecule has 0 unspecified atom stereocenters. The number of hydrogen-bond donors (Lipinski definition) is 1. The Morgan fingerprint density at radius 3 is 2.71 bits per heavy atom. The second kappa shape index (κ2) is 6.35. The van der Waals surface area contributed by atoms with Gasteiger partial charge in [-0.1, -0.05) is 24.3 Å². The van der Waals surface area contributed by atoms with Crippen molar-refractivity contribution in [1.82, 2.24) is 9.88 Å². The summed E-state index contributed by atoms with van der Waals surface area (Å²) in [5.74, 6) is -0.915. The maximum atomic E-state index is 14.1. The predicted molar refractivity (Wildman–Crippen MR) is 80.7 cm³/mol. The monoisotopic (exact) mass is 287 g/mol. The number of aryl methyl sites for hydroxylation is 1. The molecule has 1 amide bonds. The van der Waals surface area contributed by atoms with Crippen LogP contribution in [0.25, 0.3) is 0 Å². The van der Waals surface area contributed by atoms with Crippen LogP contribution in [0, 0.1) is 12.7 Å². The van der Waals surface area contributed by atoms with Gasteiger partial charge >= 0.3 is 0 Å². The Labute approximate surface area is 123 Å². The fraction of sp³-hybridized carbons (Fsp3) is 0.250. The minimum Gasteiger partial charge on any atom is -0.371 e. The van der Waals surface area contributed by atoms with Gasteiger partial charge in [-0.15, -0.1) is 0 Å². The smallest absolute Gasteiger partial charge is 0.257 e. The van der Waals surface area contributed by atoms with Gasteiger partial charge in [0.15, 0.2) is 11.6 Å². The highest BCUT2D eigenvalue weighted by Gasteiger charge is 2.19. The van der Waals surface area contributed by atoms with Crippen LogP contribution in [0.5, 0.6) is 0 Å². The molecule has 0 spiro atoms. The average molecular weight is 287 g/mol. The molecule has 110 valence electrons. The fourth-order valence-corrected chi connectivity index (χ4v) is 2.10. The van der Waals surface area contributed by atoms with Gasteiger partial charge in [-0.25, -0.2) is 9.37 Å². The summed E-state index contributed by atoms with van der Waals surface area (Å²) in [4.78, 5) is 17.7. The van der Waals surface area contributed by atoms with Gasteiger partial charge in [-0.3, -0.25) is 4.79 Å². The molecule has 0 atom stereocenters. The van der Waals surface area contributed by atoms with E-state index in [0.717, 1.165) is 11.1 Å². The van der Waals surface area contributed by atoms with E-state index in [0.29, 0.717) is 6.54 Å². The highest BCUT2D eigenvalue weighted by atomic mass is 19.1. The van der Waals surface area contributed by atoms with Gasteiger partial charge in [0.05, 0.1) is 5.56 Å². The summed E-state index contributed by atoms with van der Waals surface area (Å²) in [5.41, 5.74) is 2.16. The van der Waals surface area contributed by atoms with Gasteiger partial charge in [-0.05, 0) is 24.1 Å². The number of pyridine rings is 1. The van der Waals surface area contributed by atoms with Gasteiger partial charge in [0.1, 0.15) is 0 Å². The van der Waals surface area contributed by atoms with Crippen molar-refractivity contribution in [2.24, 2.45) is 0 Å². The molecule has 0 aliphatic heterocycles. The largest absolute Gasteiger partial charge is 0.371 e. The van der Waals surface area contributed by atoms with Crippen LogP contribution in [0.15, 0.2) is 36.5 Å². The number of carbonyl (C=O) groups is 1. The molecule has 21 heavy (non-hydrogen) atoms. The van der Waals surface area contributed by atoms with E-state index in [1.807, 2.05) is 31.2 Å². The highest BCUT2D eigenvalue weighted by Crippen LogP contribution is 2.17. The van der Waals surface area contributed by atoms with E-state index >= 15 is 0 Å². The third kappa shape index (κ3) is 3.18. The lowest BCUT2D eigenvalue weighted by Crippen LogP contribution is -2.27. The van der Waals surface area contributed by atoms with Crippen LogP contribution in [0.4, 0.5) is 10.2 Å². The zero-order chi connectivity index (χ0) is 15.4. The lowest BCUT2D eigenvalue weighted by molar-refractivity contribution is 0.0780. The van der Waals surface area contributed by atoms with Crippen molar-refractivity contribution in [3.63, 3.8) is 0 Å². The van der Waals surface area contributed by atoms with Crippen molar-refractivity contribution in [2.75, 3.05) is 19.4 Å². The number of nitrogens with one attached hydrogen (secondary N) is 1. The van der Waals surface area contributed by atoms with E-state index in [-0.39, 0.29) is 17.3 Å². The molecule has 1 aromatic heterocycles. The Hall–Kier alpha value is -2.43. The maximum Gasteiger partial charge on any atom is 0.257 e. The average Bonchev–Trinajstić information content (AvgIpc) is 2.49. The summed E-state index contributed by atoms with van der Waals surface area (Å²) in [6.45, 7) is 2.42. The van der Waals surface area contributed by atoms with E-state index < -0.39 is 5.82 Å². The molecule has 5 heteroatoms. The third-order valence-electron chi connectivity index (χ3n) is 3.37. The van der Waals surface area contributed by atoms with E-state index in [9.17, 15) is 9.18 Å². The lowest BCUT2D eigenvalue weighted by Gasteiger charge is -2.19. The van der Waals surface area contributed by atoms with Crippen LogP contribution in [0.1, 0.15) is 21.5 Å². The van der Waals surface area contributed by atoms with Crippen molar-refractivity contribution < 1.29 is 9.18 Å². The van der Waals surface area contributed by atoms with Crippen LogP contribution >= 0.6 is 0 Å². The number of anilines is 1. The molecule has 2 aromatic rings. The number of hydrogen-bond acceptors (Lipinski definition) is 3. The van der Waals surface area contributed by atoms with Crippen molar-refractivity contribution >= 4 is 11.7 Å². The molecule has 0 radical (unpaired) electrons. The SMILES string of the molecule is CNc1nccc(C(=O)N(C)Cc2ccccc2C)c1F. The number of benzene rings is 1. The summed E-state index contributed by atoms with van der Waals surface area (Å²) in [7, 11) is 3.23. The zero-order valence-corrected chi connectivity index (χ0v) is 12.4. The first kappa shape index (κ1) is 15.0. The number of nitrogens with zero attached hydrogens (tertiary/aromatic N) is 2. The van der Waals surface area contributed by atoms with E-state index in [4.69, 9.17) is 0 Å². The standard InChI is InChI=1S/C16H18FN3O/c1-11-6-4-5-7-12(11)10-20(3)16(21)13-8-9-19-15(18-2)14(13)17/h4-9H,10H2,1-3H3,(H,18,19). The summed E-state index contributed by atoms with van der Waals surface area (Å²) >= 11 is 0. The topological polar surface area (TPSA) is 45.2 Å². The molecule has 0 aliphatic rings. The molecule has 0 saturated carbocycles. The minimum atomic E-state index is -0.623. The minimum absolute atomic E-state index is 0.0189. The number of amides is 1. The highest BCUT2D eigenvalue weighted by molar-refractivity contribution is 5.95. The van der Waals surface area contributed by atoms with Gasteiger partial charge in [0.25, 0.3) is 5.91 Å². The second-order valence-corrected chi connectivity index (χ2v) is 4.86. The first-order valence-electron chi connectivity index (χ1n) is 6.66. The van der Waals surface area contributed by atoms with E-state index in [1.165, 1.54) is 17.2 Å². The number of carbonyl (C=O) groups excluding carboxylic acids is 1. The quantitative estimate of drug-likeness (QED) is 0.940. The van der Waals surface area contributed by atoms with Crippen molar-refractivity contribution in [2.45, 2.75) is 13.5 Å². The fourth-order valence-electron chi connectivity index (χ4n) is 2.10. The van der Waals surface area contributed by atoms with E-state index in [1.54, 1.807) is 14.1 Å². The molecule has 0 aliphatic carbocycles. The molecule has 0 bridgehead atoms. The first-order valence-corrected chi connectivity index (χ1v) is 6.66. The van der Waals surface area contributed by atoms with Crippen molar-refractivity contribution in [3.8, 4) is 0 Å². The number of aromatic nitrogens is 1. The molecular weight excluding hydrogens is 269 g/mol. The van der Waals surface area contributed by atoms with Gasteiger partial charge in [0.2, 0.25) is 0 Å². The Kier molecular flexibility index (Phi) is 4.52. The number of halogens is 1. The van der Waals surface area contributed by atoms with Gasteiger partial charge in [0, 0.05) is 26.8 Å². The Morgan fingerprint density at radius 1 is 1.33 bits per heavy atom. The molecular formula is C16H18FN3O. The van der Waals surface area contributed by atoms with E-state index in [2.05, 4.69) is 10.3 Å². The molecule has 0 saturated heterocycles. The lowest BCUT2D eigenvalue weighted by atomic mass is 10.1. The van der Waals surface area contributed by atoms with Gasteiger partial charge < -0.3 is 10.2 Å². The van der Waals surface area contributed by atoms with Crippen LogP contribution in [-0.4, -0.2) is 29.9 Å². The molecule has 0 fully saturated rings. The van der Waals surface area contributed by atoms with Crippen LogP contribution < -0.4 is 5.32 Å². The number of rotatable bonds is 4. The van der Waals surface area contributed by atoms with Crippen LogP contribution in [-0.2, 0) is 6.54 Å². The molecule has 1 heterocycles. The summed E-state index contributed by atoms with van der Waals surface area (Å²) in [6.07, 6.45) is 1.42. The molecule has 1 aromatic carbocycles. The third-order valence-corrected chi connectivity index (χ3v) is 3.37. The Morgan fingerprint density at radius 2 is 2.05 bits per heavy atom. The van der Waals surface area contributed by atoms with Crippen molar-refractivity contribution in [3.05, 3.63) is 59.0 Å². The summed E-state index contributed by atoms with van der Waals surface area (Å²) in [6, 6.07) is 9.21. The normalized spacial score (nSPS) is 10.3.